The zero-order valence-corrected chi connectivity index (χ0v) is 12.8. The SMILES string of the molecule is Fc1cccc(Cl)c1COc1ccc(CNc2ncn[nH]2)cc1. The van der Waals surface area contributed by atoms with Gasteiger partial charge in [0, 0.05) is 12.1 Å². The van der Waals surface area contributed by atoms with Crippen LogP contribution in [-0.4, -0.2) is 15.2 Å². The minimum Gasteiger partial charge on any atom is -0.489 e. The van der Waals surface area contributed by atoms with Crippen LogP contribution in [0.1, 0.15) is 11.1 Å². The van der Waals surface area contributed by atoms with E-state index in [4.69, 9.17) is 16.3 Å². The molecule has 2 aromatic carbocycles. The van der Waals surface area contributed by atoms with E-state index in [0.29, 0.717) is 28.8 Å². The van der Waals surface area contributed by atoms with Gasteiger partial charge < -0.3 is 10.1 Å². The average Bonchev–Trinajstić information content (AvgIpc) is 3.07. The molecule has 0 saturated heterocycles. The monoisotopic (exact) mass is 332 g/mol. The molecular formula is C16H14ClFN4O. The van der Waals surface area contributed by atoms with E-state index in [9.17, 15) is 4.39 Å². The van der Waals surface area contributed by atoms with Crippen molar-refractivity contribution in [2.45, 2.75) is 13.2 Å². The lowest BCUT2D eigenvalue weighted by Gasteiger charge is -2.09. The van der Waals surface area contributed by atoms with Gasteiger partial charge in [-0.1, -0.05) is 29.8 Å². The summed E-state index contributed by atoms with van der Waals surface area (Å²) in [5.41, 5.74) is 1.41. The molecule has 1 aromatic heterocycles. The molecule has 1 heterocycles. The van der Waals surface area contributed by atoms with Crippen molar-refractivity contribution >= 4 is 17.5 Å². The lowest BCUT2D eigenvalue weighted by Crippen LogP contribution is -2.02. The van der Waals surface area contributed by atoms with Gasteiger partial charge in [0.05, 0.1) is 5.02 Å². The minimum absolute atomic E-state index is 0.0845. The summed E-state index contributed by atoms with van der Waals surface area (Å²) in [4.78, 5) is 3.98. The van der Waals surface area contributed by atoms with E-state index in [-0.39, 0.29) is 12.4 Å². The zero-order valence-electron chi connectivity index (χ0n) is 12.1. The molecule has 0 atom stereocenters. The Hall–Kier alpha value is -2.60. The summed E-state index contributed by atoms with van der Waals surface area (Å²) in [6.07, 6.45) is 1.44. The molecule has 23 heavy (non-hydrogen) atoms. The number of anilines is 1. The second kappa shape index (κ2) is 7.11. The summed E-state index contributed by atoms with van der Waals surface area (Å²) in [6, 6.07) is 12.1. The van der Waals surface area contributed by atoms with Crippen LogP contribution < -0.4 is 10.1 Å². The van der Waals surface area contributed by atoms with Crippen molar-refractivity contribution in [3.8, 4) is 5.75 Å². The molecule has 0 unspecified atom stereocenters. The first kappa shape index (κ1) is 15.3. The van der Waals surface area contributed by atoms with Crippen LogP contribution in [-0.2, 0) is 13.2 Å². The Bertz CT molecular complexity index is 742. The molecule has 5 nitrogen and oxygen atoms in total. The number of hydrogen-bond donors (Lipinski definition) is 2. The van der Waals surface area contributed by atoms with Crippen LogP contribution in [0.25, 0.3) is 0 Å². The summed E-state index contributed by atoms with van der Waals surface area (Å²) in [7, 11) is 0. The van der Waals surface area contributed by atoms with Crippen LogP contribution in [0.3, 0.4) is 0 Å². The standard InChI is InChI=1S/C16H14ClFN4O/c17-14-2-1-3-15(18)13(14)9-23-12-6-4-11(5-7-12)8-19-16-20-10-21-22-16/h1-7,10H,8-9H2,(H2,19,20,21,22). The van der Waals surface area contributed by atoms with E-state index < -0.39 is 0 Å². The fourth-order valence-corrected chi connectivity index (χ4v) is 2.22. The Kier molecular flexibility index (Phi) is 4.73. The fourth-order valence-electron chi connectivity index (χ4n) is 2.01. The molecule has 0 radical (unpaired) electrons. The van der Waals surface area contributed by atoms with Crippen molar-refractivity contribution in [3.63, 3.8) is 0 Å². The van der Waals surface area contributed by atoms with Crippen molar-refractivity contribution in [1.82, 2.24) is 15.2 Å². The normalized spacial score (nSPS) is 10.5. The topological polar surface area (TPSA) is 62.8 Å². The van der Waals surface area contributed by atoms with Gasteiger partial charge >= 0.3 is 0 Å². The molecule has 2 N–H and O–H groups in total. The van der Waals surface area contributed by atoms with E-state index >= 15 is 0 Å². The number of benzene rings is 2. The van der Waals surface area contributed by atoms with E-state index in [1.165, 1.54) is 12.4 Å². The average molecular weight is 333 g/mol. The van der Waals surface area contributed by atoms with Crippen molar-refractivity contribution in [1.29, 1.82) is 0 Å². The van der Waals surface area contributed by atoms with Gasteiger partial charge in [-0.25, -0.2) is 14.5 Å². The number of aromatic nitrogens is 3. The molecule has 0 bridgehead atoms. The third-order valence-electron chi connectivity index (χ3n) is 3.24. The summed E-state index contributed by atoms with van der Waals surface area (Å²) in [6.45, 7) is 0.690. The Balaban J connectivity index is 1.57. The third kappa shape index (κ3) is 3.98. The predicted octanol–water partition coefficient (Wildman–Crippen LogP) is 3.79. The second-order valence-corrected chi connectivity index (χ2v) is 5.23. The Morgan fingerprint density at radius 2 is 2.00 bits per heavy atom. The van der Waals surface area contributed by atoms with Crippen molar-refractivity contribution in [3.05, 3.63) is 70.8 Å². The molecule has 7 heteroatoms. The van der Waals surface area contributed by atoms with Crippen LogP contribution in [0.2, 0.25) is 5.02 Å². The van der Waals surface area contributed by atoms with Gasteiger partial charge in [-0.3, -0.25) is 0 Å². The maximum atomic E-state index is 13.7. The number of rotatable bonds is 6. The van der Waals surface area contributed by atoms with Gasteiger partial charge in [0.15, 0.2) is 0 Å². The molecular weight excluding hydrogens is 319 g/mol. The second-order valence-electron chi connectivity index (χ2n) is 4.82. The fraction of sp³-hybridized carbons (Fsp3) is 0.125. The number of hydrogen-bond acceptors (Lipinski definition) is 4. The highest BCUT2D eigenvalue weighted by atomic mass is 35.5. The Labute approximate surface area is 137 Å². The van der Waals surface area contributed by atoms with Gasteiger partial charge in [-0.15, -0.1) is 0 Å². The van der Waals surface area contributed by atoms with Gasteiger partial charge in [-0.2, -0.15) is 5.10 Å². The Morgan fingerprint density at radius 1 is 1.17 bits per heavy atom. The molecule has 3 rings (SSSR count). The van der Waals surface area contributed by atoms with Crippen LogP contribution in [0, 0.1) is 5.82 Å². The van der Waals surface area contributed by atoms with Crippen LogP contribution >= 0.6 is 11.6 Å². The molecule has 0 fully saturated rings. The van der Waals surface area contributed by atoms with E-state index in [1.807, 2.05) is 24.3 Å². The van der Waals surface area contributed by atoms with Gasteiger partial charge in [0.1, 0.15) is 24.5 Å². The number of ether oxygens (including phenoxy) is 1. The minimum atomic E-state index is -0.370. The molecule has 0 spiro atoms. The molecule has 0 aliphatic rings. The van der Waals surface area contributed by atoms with Crippen molar-refractivity contribution in [2.24, 2.45) is 0 Å². The van der Waals surface area contributed by atoms with E-state index in [2.05, 4.69) is 20.5 Å². The van der Waals surface area contributed by atoms with Crippen LogP contribution in [0.5, 0.6) is 5.75 Å². The first-order valence-electron chi connectivity index (χ1n) is 6.96. The largest absolute Gasteiger partial charge is 0.489 e. The maximum absolute atomic E-state index is 13.7. The lowest BCUT2D eigenvalue weighted by atomic mass is 10.2. The summed E-state index contributed by atoms with van der Waals surface area (Å²) < 4.78 is 19.3. The highest BCUT2D eigenvalue weighted by molar-refractivity contribution is 6.31. The van der Waals surface area contributed by atoms with Gasteiger partial charge in [0.2, 0.25) is 5.95 Å². The number of aromatic amines is 1. The van der Waals surface area contributed by atoms with Gasteiger partial charge in [-0.05, 0) is 29.8 Å². The maximum Gasteiger partial charge on any atom is 0.218 e. The highest BCUT2D eigenvalue weighted by Crippen LogP contribution is 2.21. The summed E-state index contributed by atoms with van der Waals surface area (Å²) in [5.74, 6) is 0.887. The molecule has 0 aliphatic heterocycles. The highest BCUT2D eigenvalue weighted by Gasteiger charge is 2.07. The quantitative estimate of drug-likeness (QED) is 0.721. The van der Waals surface area contributed by atoms with Gasteiger partial charge in [0.25, 0.3) is 0 Å². The van der Waals surface area contributed by atoms with Crippen LogP contribution in [0.4, 0.5) is 10.3 Å². The third-order valence-corrected chi connectivity index (χ3v) is 3.60. The van der Waals surface area contributed by atoms with E-state index in [1.54, 1.807) is 12.1 Å². The van der Waals surface area contributed by atoms with Crippen molar-refractivity contribution < 1.29 is 9.13 Å². The van der Waals surface area contributed by atoms with Crippen LogP contribution in [0.15, 0.2) is 48.8 Å². The molecule has 118 valence electrons. The zero-order chi connectivity index (χ0) is 16.1. The Morgan fingerprint density at radius 3 is 2.70 bits per heavy atom. The summed E-state index contributed by atoms with van der Waals surface area (Å²) in [5, 5.41) is 9.93. The molecule has 0 aliphatic carbocycles. The first-order valence-corrected chi connectivity index (χ1v) is 7.34. The van der Waals surface area contributed by atoms with E-state index in [0.717, 1.165) is 5.56 Å². The predicted molar refractivity (Wildman–Crippen MR) is 85.9 cm³/mol. The number of H-pyrrole nitrogens is 1. The number of nitrogens with zero attached hydrogens (tertiary/aromatic N) is 2. The number of halogens is 2. The molecule has 0 saturated carbocycles. The first-order chi connectivity index (χ1) is 11.2. The molecule has 3 aromatic rings. The van der Waals surface area contributed by atoms with Crippen molar-refractivity contribution in [2.75, 3.05) is 5.32 Å². The molecule has 0 amide bonds. The lowest BCUT2D eigenvalue weighted by molar-refractivity contribution is 0.300. The smallest absolute Gasteiger partial charge is 0.218 e. The summed E-state index contributed by atoms with van der Waals surface area (Å²) >= 11 is 5.97. The number of nitrogens with one attached hydrogen (secondary N) is 2.